The zero-order valence-electron chi connectivity index (χ0n) is 21.6. The molecule has 0 saturated carbocycles. The second kappa shape index (κ2) is 9.55. The van der Waals surface area contributed by atoms with Crippen LogP contribution in [0.2, 0.25) is 0 Å². The molecule has 0 aliphatic carbocycles. The number of fused-ring (bicyclic) bond motifs is 1. The molecule has 37 heavy (non-hydrogen) atoms. The zero-order valence-corrected chi connectivity index (χ0v) is 21.6. The van der Waals surface area contributed by atoms with Crippen molar-refractivity contribution < 1.29 is 18.7 Å². The van der Waals surface area contributed by atoms with E-state index in [-0.39, 0.29) is 24.1 Å². The van der Waals surface area contributed by atoms with E-state index in [1.807, 2.05) is 27.8 Å². The molecule has 5 heterocycles. The molecule has 0 spiro atoms. The number of aryl methyl sites for hydroxylation is 1. The summed E-state index contributed by atoms with van der Waals surface area (Å²) in [7, 11) is 1.81. The topological polar surface area (TPSA) is 109 Å². The van der Waals surface area contributed by atoms with Gasteiger partial charge in [0, 0.05) is 43.8 Å². The summed E-state index contributed by atoms with van der Waals surface area (Å²) in [6.45, 7) is 8.57. The number of halogens is 1. The Kier molecular flexibility index (Phi) is 6.40. The third-order valence-electron chi connectivity index (χ3n) is 6.21. The highest BCUT2D eigenvalue weighted by molar-refractivity contribution is 5.78. The highest BCUT2D eigenvalue weighted by atomic mass is 19.1. The van der Waals surface area contributed by atoms with E-state index < -0.39 is 11.2 Å². The van der Waals surface area contributed by atoms with Gasteiger partial charge in [-0.05, 0) is 19.4 Å². The number of Topliss-reactive ketones (excluding diaryl/α,β-unsaturated/α-hetero) is 1. The molecule has 10 nitrogen and oxygen atoms in total. The minimum atomic E-state index is -0.447. The SMILES string of the molecule is CC(=O)Cc1cc(Oc2cnc3nc(Nc4nn([C@@H]5CCOC5)c(C(C)(C)C)c4F)n(C)c3c2)ccn1. The van der Waals surface area contributed by atoms with E-state index in [0.29, 0.717) is 53.2 Å². The van der Waals surface area contributed by atoms with E-state index in [1.165, 1.54) is 6.92 Å². The lowest BCUT2D eigenvalue weighted by Gasteiger charge is -2.22. The number of carbonyl (C=O) groups is 1. The van der Waals surface area contributed by atoms with Gasteiger partial charge in [-0.15, -0.1) is 0 Å². The second-order valence-corrected chi connectivity index (χ2v) is 10.3. The second-order valence-electron chi connectivity index (χ2n) is 10.3. The summed E-state index contributed by atoms with van der Waals surface area (Å²) < 4.78 is 30.7. The molecule has 1 aliphatic heterocycles. The lowest BCUT2D eigenvalue weighted by molar-refractivity contribution is -0.116. The first-order chi connectivity index (χ1) is 17.6. The van der Waals surface area contributed by atoms with E-state index in [2.05, 4.69) is 25.4 Å². The first-order valence-electron chi connectivity index (χ1n) is 12.2. The molecule has 1 N–H and O–H groups in total. The van der Waals surface area contributed by atoms with Gasteiger partial charge in [0.2, 0.25) is 5.95 Å². The summed E-state index contributed by atoms with van der Waals surface area (Å²) in [6.07, 6.45) is 4.19. The normalized spacial score (nSPS) is 15.9. The molecule has 5 rings (SSSR count). The molecule has 0 bridgehead atoms. The van der Waals surface area contributed by atoms with Crippen molar-refractivity contribution in [2.24, 2.45) is 7.05 Å². The molecule has 1 atom stereocenters. The van der Waals surface area contributed by atoms with Gasteiger partial charge in [-0.2, -0.15) is 10.1 Å². The van der Waals surface area contributed by atoms with E-state index in [4.69, 9.17) is 9.47 Å². The summed E-state index contributed by atoms with van der Waals surface area (Å²) in [5, 5.41) is 7.65. The monoisotopic (exact) mass is 507 g/mol. The maximum Gasteiger partial charge on any atom is 0.210 e. The molecule has 1 aliphatic rings. The third kappa shape index (κ3) is 5.04. The van der Waals surface area contributed by atoms with Crippen LogP contribution >= 0.6 is 0 Å². The molecule has 4 aromatic heterocycles. The van der Waals surface area contributed by atoms with Crippen LogP contribution in [0.15, 0.2) is 30.6 Å². The highest BCUT2D eigenvalue weighted by Gasteiger charge is 2.33. The van der Waals surface area contributed by atoms with Crippen molar-refractivity contribution in [2.45, 2.75) is 52.0 Å². The van der Waals surface area contributed by atoms with Crippen LogP contribution in [0.3, 0.4) is 0 Å². The number of rotatable bonds is 7. The number of ketones is 1. The van der Waals surface area contributed by atoms with Crippen molar-refractivity contribution in [3.8, 4) is 11.5 Å². The van der Waals surface area contributed by atoms with E-state index in [1.54, 1.807) is 39.8 Å². The van der Waals surface area contributed by atoms with E-state index in [0.717, 1.165) is 6.42 Å². The average molecular weight is 508 g/mol. The van der Waals surface area contributed by atoms with Gasteiger partial charge in [0.25, 0.3) is 0 Å². The summed E-state index contributed by atoms with van der Waals surface area (Å²) >= 11 is 0. The molecule has 0 amide bonds. The molecule has 1 fully saturated rings. The van der Waals surface area contributed by atoms with Crippen LogP contribution in [0.4, 0.5) is 16.2 Å². The fourth-order valence-corrected chi connectivity index (χ4v) is 4.48. The number of nitrogens with zero attached hydrogens (tertiary/aromatic N) is 6. The number of pyridine rings is 2. The van der Waals surface area contributed by atoms with E-state index >= 15 is 4.39 Å². The largest absolute Gasteiger partial charge is 0.456 e. The Morgan fingerprint density at radius 2 is 2.08 bits per heavy atom. The smallest absolute Gasteiger partial charge is 0.210 e. The predicted molar refractivity (Wildman–Crippen MR) is 136 cm³/mol. The van der Waals surface area contributed by atoms with Crippen molar-refractivity contribution in [1.82, 2.24) is 29.3 Å². The van der Waals surface area contributed by atoms with Crippen molar-refractivity contribution in [1.29, 1.82) is 0 Å². The van der Waals surface area contributed by atoms with Crippen LogP contribution in [-0.2, 0) is 28.4 Å². The maximum atomic E-state index is 15.6. The molecule has 11 heteroatoms. The van der Waals surface area contributed by atoms with Gasteiger partial charge >= 0.3 is 0 Å². The summed E-state index contributed by atoms with van der Waals surface area (Å²) in [4.78, 5) is 24.6. The molecule has 0 aromatic carbocycles. The lowest BCUT2D eigenvalue weighted by atomic mass is 9.91. The molecular formula is C26H30FN7O3. The Balaban J connectivity index is 1.43. The van der Waals surface area contributed by atoms with Gasteiger partial charge < -0.3 is 19.4 Å². The van der Waals surface area contributed by atoms with Gasteiger partial charge in [-0.3, -0.25) is 14.5 Å². The zero-order chi connectivity index (χ0) is 26.3. The van der Waals surface area contributed by atoms with Gasteiger partial charge in [0.15, 0.2) is 17.3 Å². The average Bonchev–Trinajstić information content (AvgIpc) is 3.53. The van der Waals surface area contributed by atoms with Gasteiger partial charge in [0.1, 0.15) is 17.3 Å². The van der Waals surface area contributed by atoms with Gasteiger partial charge in [-0.1, -0.05) is 20.8 Å². The first kappa shape index (κ1) is 24.8. The number of hydrogen-bond donors (Lipinski definition) is 1. The highest BCUT2D eigenvalue weighted by Crippen LogP contribution is 2.35. The molecule has 194 valence electrons. The first-order valence-corrected chi connectivity index (χ1v) is 12.2. The number of hydrogen-bond acceptors (Lipinski definition) is 8. The van der Waals surface area contributed by atoms with Crippen molar-refractivity contribution >= 4 is 28.7 Å². The Hall–Kier alpha value is -3.86. The van der Waals surface area contributed by atoms with Crippen LogP contribution in [0.25, 0.3) is 11.2 Å². The number of aromatic nitrogens is 6. The Morgan fingerprint density at radius 1 is 1.27 bits per heavy atom. The summed E-state index contributed by atoms with van der Waals surface area (Å²) in [5.41, 5.74) is 1.88. The number of imidazole rings is 1. The quantitative estimate of drug-likeness (QED) is 0.386. The fourth-order valence-electron chi connectivity index (χ4n) is 4.48. The predicted octanol–water partition coefficient (Wildman–Crippen LogP) is 4.63. The number of nitrogens with one attached hydrogen (secondary N) is 1. The van der Waals surface area contributed by atoms with E-state index in [9.17, 15) is 4.79 Å². The van der Waals surface area contributed by atoms with Gasteiger partial charge in [0.05, 0.1) is 35.8 Å². The molecular weight excluding hydrogens is 477 g/mol. The maximum absolute atomic E-state index is 15.6. The number of anilines is 2. The van der Waals surface area contributed by atoms with Crippen molar-refractivity contribution in [2.75, 3.05) is 18.5 Å². The molecule has 0 radical (unpaired) electrons. The Morgan fingerprint density at radius 3 is 2.78 bits per heavy atom. The van der Waals surface area contributed by atoms with Gasteiger partial charge in [-0.25, -0.2) is 9.37 Å². The number of ether oxygens (including phenoxy) is 2. The standard InChI is InChI=1S/C26H30FN7O3/c1-15(35)10-16-11-18(6-8-28-16)37-19-12-20-23(29-13-19)30-25(33(20)5)31-24-21(27)22(26(2,3)4)34(32-24)17-7-9-36-14-17/h6,8,11-13,17H,7,9-10,14H2,1-5H3,(H,29,30,31,32)/t17-/m1/s1. The van der Waals surface area contributed by atoms with Crippen molar-refractivity contribution in [3.63, 3.8) is 0 Å². The van der Waals surface area contributed by atoms with Crippen LogP contribution < -0.4 is 10.1 Å². The van der Waals surface area contributed by atoms with Crippen LogP contribution in [-0.4, -0.2) is 48.3 Å². The van der Waals surface area contributed by atoms with Crippen LogP contribution in [0.5, 0.6) is 11.5 Å². The number of carbonyl (C=O) groups excluding carboxylic acids is 1. The summed E-state index contributed by atoms with van der Waals surface area (Å²) in [6, 6.07) is 5.23. The van der Waals surface area contributed by atoms with Crippen LogP contribution in [0, 0.1) is 5.82 Å². The minimum Gasteiger partial charge on any atom is -0.456 e. The Bertz CT molecular complexity index is 1470. The van der Waals surface area contributed by atoms with Crippen LogP contribution in [0.1, 0.15) is 51.5 Å². The summed E-state index contributed by atoms with van der Waals surface area (Å²) in [5.74, 6) is 1.18. The Labute approximate surface area is 213 Å². The minimum absolute atomic E-state index is 0.00904. The molecule has 1 saturated heterocycles. The van der Waals surface area contributed by atoms with Crippen molar-refractivity contribution in [3.05, 3.63) is 47.8 Å². The molecule has 0 unspecified atom stereocenters. The lowest BCUT2D eigenvalue weighted by Crippen LogP contribution is -2.23. The molecule has 4 aromatic rings. The fraction of sp³-hybridized carbons (Fsp3) is 0.423. The third-order valence-corrected chi connectivity index (χ3v) is 6.21.